The summed E-state index contributed by atoms with van der Waals surface area (Å²) in [5.41, 5.74) is -0.668. The molecule has 30 heavy (non-hydrogen) atoms. The molecule has 0 aromatic heterocycles. The first kappa shape index (κ1) is 22.0. The summed E-state index contributed by atoms with van der Waals surface area (Å²) in [6.45, 7) is 1.94. The summed E-state index contributed by atoms with van der Waals surface area (Å²) in [5.74, 6) is -8.78. The van der Waals surface area contributed by atoms with E-state index in [1.54, 1.807) is 0 Å². The van der Waals surface area contributed by atoms with Crippen LogP contribution in [0.1, 0.15) is 32.6 Å². The van der Waals surface area contributed by atoms with Gasteiger partial charge in [0.15, 0.2) is 17.5 Å². The third-order valence-electron chi connectivity index (χ3n) is 4.61. The van der Waals surface area contributed by atoms with Gasteiger partial charge in [-0.2, -0.15) is 8.78 Å². The van der Waals surface area contributed by atoms with Gasteiger partial charge in [0, 0.05) is 12.1 Å². The van der Waals surface area contributed by atoms with E-state index in [1.807, 2.05) is 6.92 Å². The Kier molecular flexibility index (Phi) is 6.28. The molecule has 1 unspecified atom stereocenters. The molecule has 0 aliphatic carbocycles. The highest BCUT2D eigenvalue weighted by Crippen LogP contribution is 2.36. The van der Waals surface area contributed by atoms with Gasteiger partial charge in [-0.15, -0.1) is 0 Å². The van der Waals surface area contributed by atoms with Crippen molar-refractivity contribution in [2.45, 2.75) is 44.8 Å². The number of alkyl halides is 2. The lowest BCUT2D eigenvalue weighted by Gasteiger charge is -2.29. The zero-order valence-electron chi connectivity index (χ0n) is 15.8. The predicted molar refractivity (Wildman–Crippen MR) is 94.3 cm³/mol. The molecule has 0 spiro atoms. The topological polar surface area (TPSA) is 18.5 Å². The third-order valence-corrected chi connectivity index (χ3v) is 4.61. The van der Waals surface area contributed by atoms with Crippen LogP contribution in [0.15, 0.2) is 36.1 Å². The van der Waals surface area contributed by atoms with Crippen molar-refractivity contribution in [2.75, 3.05) is 0 Å². The van der Waals surface area contributed by atoms with Gasteiger partial charge in [-0.1, -0.05) is 13.3 Å². The molecule has 3 rings (SSSR count). The lowest BCUT2D eigenvalue weighted by Crippen LogP contribution is -2.41. The molecule has 2 aromatic carbocycles. The monoisotopic (exact) mass is 434 g/mol. The number of hydrogen-bond donors (Lipinski definition) is 0. The van der Waals surface area contributed by atoms with Crippen LogP contribution in [0.2, 0.25) is 0 Å². The van der Waals surface area contributed by atoms with Crippen LogP contribution in [-0.2, 0) is 4.74 Å². The summed E-state index contributed by atoms with van der Waals surface area (Å²) >= 11 is 0. The molecule has 0 bridgehead atoms. The largest absolute Gasteiger partial charge is 0.488 e. The highest BCUT2D eigenvalue weighted by molar-refractivity contribution is 5.66. The molecule has 0 radical (unpaired) electrons. The molecule has 2 nitrogen and oxygen atoms in total. The molecule has 1 aliphatic heterocycles. The molecule has 0 saturated heterocycles. The van der Waals surface area contributed by atoms with Crippen LogP contribution in [0.3, 0.4) is 0 Å². The van der Waals surface area contributed by atoms with Gasteiger partial charge < -0.3 is 9.47 Å². The fourth-order valence-corrected chi connectivity index (χ4v) is 3.18. The first-order valence-electron chi connectivity index (χ1n) is 9.16. The second-order valence-electron chi connectivity index (χ2n) is 6.87. The van der Waals surface area contributed by atoms with Gasteiger partial charge in [0.25, 0.3) is 0 Å². The van der Waals surface area contributed by atoms with Crippen molar-refractivity contribution in [1.29, 1.82) is 0 Å². The Morgan fingerprint density at radius 3 is 2.07 bits per heavy atom. The van der Waals surface area contributed by atoms with Crippen molar-refractivity contribution in [1.82, 2.24) is 0 Å². The van der Waals surface area contributed by atoms with E-state index < -0.39 is 58.2 Å². The molecule has 1 aliphatic rings. The minimum Gasteiger partial charge on any atom is -0.488 e. The molecule has 0 amide bonds. The van der Waals surface area contributed by atoms with Crippen molar-refractivity contribution in [3.05, 3.63) is 65.2 Å². The predicted octanol–water partition coefficient (Wildman–Crippen LogP) is 6.88. The van der Waals surface area contributed by atoms with E-state index in [-0.39, 0.29) is 6.42 Å². The molecular weight excluding hydrogens is 417 g/mol. The van der Waals surface area contributed by atoms with Gasteiger partial charge >= 0.3 is 6.11 Å². The van der Waals surface area contributed by atoms with Crippen LogP contribution in [0.4, 0.5) is 30.7 Å². The maximum absolute atomic E-state index is 14.4. The van der Waals surface area contributed by atoms with Crippen molar-refractivity contribution < 1.29 is 40.2 Å². The summed E-state index contributed by atoms with van der Waals surface area (Å²) in [7, 11) is 0. The van der Waals surface area contributed by atoms with E-state index in [0.29, 0.717) is 37.1 Å². The van der Waals surface area contributed by atoms with E-state index >= 15 is 0 Å². The Labute approximate surface area is 167 Å². The zero-order valence-corrected chi connectivity index (χ0v) is 15.8. The molecule has 1 atom stereocenters. The van der Waals surface area contributed by atoms with Crippen LogP contribution in [0.5, 0.6) is 5.75 Å². The Morgan fingerprint density at radius 2 is 1.57 bits per heavy atom. The summed E-state index contributed by atoms with van der Waals surface area (Å²) < 4.78 is 107. The Balaban J connectivity index is 1.83. The Morgan fingerprint density at radius 1 is 0.967 bits per heavy atom. The number of halogens is 7. The van der Waals surface area contributed by atoms with E-state index in [9.17, 15) is 30.7 Å². The van der Waals surface area contributed by atoms with Gasteiger partial charge in [0.1, 0.15) is 17.4 Å². The second-order valence-corrected chi connectivity index (χ2v) is 6.87. The molecule has 0 N–H and O–H groups in total. The lowest BCUT2D eigenvalue weighted by molar-refractivity contribution is -0.244. The first-order chi connectivity index (χ1) is 14.1. The van der Waals surface area contributed by atoms with Gasteiger partial charge in [-0.3, -0.25) is 0 Å². The normalized spacial score (nSPS) is 16.8. The SMILES string of the molecule is CCCC1=COC(C(F)(F)Oc2cc(F)c(-c3cc(F)c(F)c(F)c3)c(F)c2)CC1. The Bertz CT molecular complexity index is 926. The molecule has 162 valence electrons. The average molecular weight is 434 g/mol. The standard InChI is InChI=1S/C21H17F7O2/c1-2-3-11-4-5-18(29-10-11)21(27,28)30-13-8-14(22)19(15(23)9-13)12-6-16(24)20(26)17(25)7-12/h6-10,18H,2-5H2,1H3. The first-order valence-corrected chi connectivity index (χ1v) is 9.16. The number of hydrogen-bond acceptors (Lipinski definition) is 2. The quantitative estimate of drug-likeness (QED) is 0.364. The van der Waals surface area contributed by atoms with Crippen LogP contribution >= 0.6 is 0 Å². The molecular formula is C21H17F7O2. The van der Waals surface area contributed by atoms with E-state index in [2.05, 4.69) is 4.74 Å². The summed E-state index contributed by atoms with van der Waals surface area (Å²) in [4.78, 5) is 0. The molecule has 9 heteroatoms. The minimum absolute atomic E-state index is 0.0456. The van der Waals surface area contributed by atoms with E-state index in [1.165, 1.54) is 6.26 Å². The molecule has 1 heterocycles. The minimum atomic E-state index is -3.89. The van der Waals surface area contributed by atoms with Gasteiger partial charge in [0.05, 0.1) is 11.8 Å². The fourth-order valence-electron chi connectivity index (χ4n) is 3.18. The maximum atomic E-state index is 14.4. The van der Waals surface area contributed by atoms with Crippen LogP contribution in [0.25, 0.3) is 11.1 Å². The molecule has 2 aromatic rings. The summed E-state index contributed by atoms with van der Waals surface area (Å²) in [6.07, 6.45) is -2.42. The van der Waals surface area contributed by atoms with Crippen molar-refractivity contribution in [3.63, 3.8) is 0 Å². The number of benzene rings is 2. The highest BCUT2D eigenvalue weighted by Gasteiger charge is 2.45. The van der Waals surface area contributed by atoms with Crippen molar-refractivity contribution in [3.8, 4) is 16.9 Å². The zero-order chi connectivity index (χ0) is 22.1. The van der Waals surface area contributed by atoms with Gasteiger partial charge in [-0.05, 0) is 42.5 Å². The van der Waals surface area contributed by atoms with Crippen LogP contribution < -0.4 is 4.74 Å². The van der Waals surface area contributed by atoms with Gasteiger partial charge in [-0.25, -0.2) is 22.0 Å². The Hall–Kier alpha value is -2.71. The van der Waals surface area contributed by atoms with Crippen molar-refractivity contribution >= 4 is 0 Å². The smallest absolute Gasteiger partial charge is 0.435 e. The van der Waals surface area contributed by atoms with E-state index in [0.717, 1.165) is 12.0 Å². The lowest BCUT2D eigenvalue weighted by atomic mass is 10.0. The van der Waals surface area contributed by atoms with Crippen LogP contribution in [-0.4, -0.2) is 12.2 Å². The van der Waals surface area contributed by atoms with Crippen molar-refractivity contribution in [2.24, 2.45) is 0 Å². The summed E-state index contributed by atoms with van der Waals surface area (Å²) in [6, 6.07) is 1.69. The van der Waals surface area contributed by atoms with Crippen LogP contribution in [0, 0.1) is 29.1 Å². The number of ether oxygens (including phenoxy) is 2. The summed E-state index contributed by atoms with van der Waals surface area (Å²) in [5, 5.41) is 0. The second kappa shape index (κ2) is 8.57. The van der Waals surface area contributed by atoms with E-state index in [4.69, 9.17) is 4.74 Å². The number of allylic oxidation sites excluding steroid dienone is 1. The highest BCUT2D eigenvalue weighted by atomic mass is 19.3. The third kappa shape index (κ3) is 4.55. The average Bonchev–Trinajstić information content (AvgIpc) is 2.66. The number of rotatable bonds is 6. The molecule has 0 fully saturated rings. The van der Waals surface area contributed by atoms with Gasteiger partial charge in [0.2, 0.25) is 6.10 Å². The molecule has 0 saturated carbocycles. The maximum Gasteiger partial charge on any atom is 0.435 e. The fraction of sp³-hybridized carbons (Fsp3) is 0.333.